The number of rotatable bonds is 12. The first-order chi connectivity index (χ1) is 16.8. The molecule has 0 saturated carbocycles. The van der Waals surface area contributed by atoms with Crippen LogP contribution in [0.25, 0.3) is 0 Å². The van der Waals surface area contributed by atoms with Gasteiger partial charge in [-0.1, -0.05) is 18.2 Å². The van der Waals surface area contributed by atoms with E-state index >= 15 is 0 Å². The third-order valence-corrected chi connectivity index (χ3v) is 7.78. The van der Waals surface area contributed by atoms with Crippen LogP contribution < -0.4 is 5.32 Å². The first-order valence-electron chi connectivity index (χ1n) is 11.2. The quantitative estimate of drug-likeness (QED) is 0.235. The molecular weight excluding hydrogens is 508 g/mol. The summed E-state index contributed by atoms with van der Waals surface area (Å²) in [5.41, 5.74) is 1.83. The third kappa shape index (κ3) is 6.78. The number of hydrogen-bond donors (Lipinski definition) is 4. The fraction of sp³-hybridized carbons (Fsp3) is 0.333. The predicted molar refractivity (Wildman–Crippen MR) is 135 cm³/mol. The van der Waals surface area contributed by atoms with Crippen LogP contribution in [0.3, 0.4) is 0 Å². The number of nitrogens with one attached hydrogen (secondary N) is 1. The molecule has 0 aromatic heterocycles. The van der Waals surface area contributed by atoms with Gasteiger partial charge >= 0.3 is 5.97 Å². The molecule has 0 spiro atoms. The van der Waals surface area contributed by atoms with Crippen LogP contribution in [-0.4, -0.2) is 59.6 Å². The number of carboxylic acids is 1. The zero-order valence-corrected chi connectivity index (χ0v) is 21.3. The molecule has 3 rings (SSSR count). The van der Waals surface area contributed by atoms with Gasteiger partial charge in [0.2, 0.25) is 5.69 Å². The van der Waals surface area contributed by atoms with Crippen molar-refractivity contribution >= 4 is 43.3 Å². The smallest absolute Gasteiger partial charge is 0.303 e. The van der Waals surface area contributed by atoms with Gasteiger partial charge in [0.25, 0.3) is 20.2 Å². The molecule has 0 bridgehead atoms. The van der Waals surface area contributed by atoms with Crippen molar-refractivity contribution in [3.63, 3.8) is 0 Å². The average molecular weight is 538 g/mol. The molecule has 1 atom stereocenters. The highest BCUT2D eigenvalue weighted by molar-refractivity contribution is 7.86. The first-order valence-corrected chi connectivity index (χ1v) is 14.3. The standard InChI is InChI=1S/C24H28N2O8S2/c1-24(13-5-9-23(27)28)20-17-19(36(32,33)34)10-11-21(20)26(15-6-16-35(29,30)31)22(24)12-14-25-18-7-3-2-4-8-18/h2-4,7-8,10-12,14,17H,5-6,9,13,15-16H2,1H3,(H3,27,28,29,30,31,32,33,34)/p+1. The summed E-state index contributed by atoms with van der Waals surface area (Å²) in [5, 5.41) is 12.3. The van der Waals surface area contributed by atoms with Gasteiger partial charge in [0.1, 0.15) is 6.54 Å². The van der Waals surface area contributed by atoms with Crippen molar-refractivity contribution < 1.29 is 40.4 Å². The van der Waals surface area contributed by atoms with E-state index < -0.39 is 37.4 Å². The summed E-state index contributed by atoms with van der Waals surface area (Å²) < 4.78 is 67.0. The van der Waals surface area contributed by atoms with Gasteiger partial charge < -0.3 is 10.4 Å². The maximum absolute atomic E-state index is 11.9. The first kappa shape index (κ1) is 27.5. The van der Waals surface area contributed by atoms with E-state index in [9.17, 15) is 30.7 Å². The Kier molecular flexibility index (Phi) is 8.34. The van der Waals surface area contributed by atoms with E-state index in [1.807, 2.05) is 41.8 Å². The van der Waals surface area contributed by atoms with Crippen LogP contribution in [0.5, 0.6) is 0 Å². The summed E-state index contributed by atoms with van der Waals surface area (Å²) in [7, 11) is -8.68. The van der Waals surface area contributed by atoms with Crippen LogP contribution in [-0.2, 0) is 30.4 Å². The monoisotopic (exact) mass is 537 g/mol. The van der Waals surface area contributed by atoms with Crippen molar-refractivity contribution in [3.8, 4) is 0 Å². The lowest BCUT2D eigenvalue weighted by Gasteiger charge is -2.22. The lowest BCUT2D eigenvalue weighted by atomic mass is 9.75. The molecule has 2 aromatic carbocycles. The number of anilines is 1. The minimum atomic E-state index is -4.50. The van der Waals surface area contributed by atoms with Gasteiger partial charge in [-0.15, -0.1) is 0 Å². The Morgan fingerprint density at radius 3 is 2.36 bits per heavy atom. The van der Waals surface area contributed by atoms with Crippen molar-refractivity contribution in [2.45, 2.75) is 42.9 Å². The molecule has 1 unspecified atom stereocenters. The minimum absolute atomic E-state index is 0.0903. The third-order valence-electron chi connectivity index (χ3n) is 6.12. The molecule has 2 aromatic rings. The number of hydrogen-bond acceptors (Lipinski definition) is 6. The molecule has 1 aliphatic rings. The second-order valence-corrected chi connectivity index (χ2v) is 11.7. The number of allylic oxidation sites excluding steroid dienone is 1. The Labute approximate surface area is 210 Å². The summed E-state index contributed by atoms with van der Waals surface area (Å²) in [6, 6.07) is 13.5. The Bertz CT molecular complexity index is 1400. The number of carboxylic acid groups (broad SMARTS) is 1. The molecule has 12 heteroatoms. The maximum atomic E-state index is 11.9. The van der Waals surface area contributed by atoms with Crippen molar-refractivity contribution in [3.05, 3.63) is 66.4 Å². The van der Waals surface area contributed by atoms with Gasteiger partial charge in [-0.25, -0.2) is 0 Å². The molecule has 0 aliphatic carbocycles. The summed E-state index contributed by atoms with van der Waals surface area (Å²) in [4.78, 5) is 10.9. The summed E-state index contributed by atoms with van der Waals surface area (Å²) in [5.74, 6) is -1.42. The van der Waals surface area contributed by atoms with Crippen LogP contribution >= 0.6 is 0 Å². The van der Waals surface area contributed by atoms with E-state index in [0.717, 1.165) is 5.69 Å². The summed E-state index contributed by atoms with van der Waals surface area (Å²) in [6.07, 6.45) is 4.13. The number of nitrogens with zero attached hydrogens (tertiary/aromatic N) is 1. The molecule has 1 aliphatic heterocycles. The van der Waals surface area contributed by atoms with Crippen molar-refractivity contribution in [2.75, 3.05) is 17.6 Å². The molecule has 1 heterocycles. The molecule has 36 heavy (non-hydrogen) atoms. The minimum Gasteiger partial charge on any atom is -0.481 e. The van der Waals surface area contributed by atoms with Crippen molar-refractivity contribution in [1.82, 2.24) is 0 Å². The van der Waals surface area contributed by atoms with E-state index in [2.05, 4.69) is 5.32 Å². The van der Waals surface area contributed by atoms with E-state index in [4.69, 9.17) is 5.11 Å². The van der Waals surface area contributed by atoms with Gasteiger partial charge in [-0.05, 0) is 44.0 Å². The predicted octanol–water partition coefficient (Wildman–Crippen LogP) is 3.45. The second kappa shape index (κ2) is 10.9. The second-order valence-electron chi connectivity index (χ2n) is 8.75. The molecule has 10 nitrogen and oxygen atoms in total. The normalized spacial score (nSPS) is 18.0. The van der Waals surface area contributed by atoms with Gasteiger partial charge in [0.05, 0.1) is 16.1 Å². The molecule has 0 fully saturated rings. The van der Waals surface area contributed by atoms with Gasteiger partial charge in [0, 0.05) is 42.4 Å². The molecule has 4 N–H and O–H groups in total. The van der Waals surface area contributed by atoms with Crippen LogP contribution in [0.1, 0.15) is 38.2 Å². The van der Waals surface area contributed by atoms with Gasteiger partial charge in [-0.3, -0.25) is 13.9 Å². The number of carbonyl (C=O) groups is 1. The Morgan fingerprint density at radius 1 is 1.06 bits per heavy atom. The maximum Gasteiger partial charge on any atom is 0.303 e. The fourth-order valence-electron chi connectivity index (χ4n) is 4.45. The molecular formula is C24H29N2O8S2+. The summed E-state index contributed by atoms with van der Waals surface area (Å²) >= 11 is 0. The van der Waals surface area contributed by atoms with Gasteiger partial charge in [0.15, 0.2) is 5.71 Å². The molecule has 194 valence electrons. The Hall–Kier alpha value is -3.06. The van der Waals surface area contributed by atoms with E-state index in [0.29, 0.717) is 29.8 Å². The van der Waals surface area contributed by atoms with Crippen LogP contribution in [0.4, 0.5) is 11.4 Å². The Balaban J connectivity index is 2.10. The molecule has 0 amide bonds. The number of fused-ring (bicyclic) bond motifs is 1. The van der Waals surface area contributed by atoms with Crippen LogP contribution in [0, 0.1) is 0 Å². The van der Waals surface area contributed by atoms with Gasteiger partial charge in [-0.2, -0.15) is 21.4 Å². The summed E-state index contributed by atoms with van der Waals surface area (Å²) in [6.45, 7) is 2.05. The van der Waals surface area contributed by atoms with Crippen molar-refractivity contribution in [2.24, 2.45) is 0 Å². The SMILES string of the molecule is CC1(CCCC(=O)O)C(/C=C/Nc2ccccc2)=[N+](CCCS(=O)(=O)O)c2ccc(S(=O)(=O)O)cc21. The molecule has 0 saturated heterocycles. The number of benzene rings is 2. The lowest BCUT2D eigenvalue weighted by Crippen LogP contribution is -2.32. The Morgan fingerprint density at radius 2 is 1.75 bits per heavy atom. The lowest BCUT2D eigenvalue weighted by molar-refractivity contribution is -0.437. The van der Waals surface area contributed by atoms with Crippen molar-refractivity contribution in [1.29, 1.82) is 0 Å². The highest BCUT2D eigenvalue weighted by Gasteiger charge is 2.47. The van der Waals surface area contributed by atoms with Crippen LogP contribution in [0.15, 0.2) is 65.7 Å². The zero-order chi connectivity index (χ0) is 26.6. The van der Waals surface area contributed by atoms with E-state index in [1.165, 1.54) is 18.2 Å². The largest absolute Gasteiger partial charge is 0.481 e. The fourth-order valence-corrected chi connectivity index (χ4v) is 5.45. The van der Waals surface area contributed by atoms with Crippen LogP contribution in [0.2, 0.25) is 0 Å². The highest BCUT2D eigenvalue weighted by atomic mass is 32.2. The zero-order valence-electron chi connectivity index (χ0n) is 19.7. The highest BCUT2D eigenvalue weighted by Crippen LogP contribution is 2.44. The number of para-hydroxylation sites is 1. The topological polar surface area (TPSA) is 161 Å². The average Bonchev–Trinajstić information content (AvgIpc) is 3.00. The number of aliphatic carboxylic acids is 1. The van der Waals surface area contributed by atoms with E-state index in [1.54, 1.807) is 12.3 Å². The molecule has 0 radical (unpaired) electrons. The van der Waals surface area contributed by atoms with E-state index in [-0.39, 0.29) is 24.3 Å².